The molecule has 120 valence electrons. The van der Waals surface area contributed by atoms with Crippen molar-refractivity contribution in [3.05, 3.63) is 42.1 Å². The minimum Gasteiger partial charge on any atom is -0.466 e. The molecule has 1 saturated heterocycles. The first-order valence-electron chi connectivity index (χ1n) is 7.03. The van der Waals surface area contributed by atoms with Crippen molar-refractivity contribution in [3.63, 3.8) is 0 Å². The van der Waals surface area contributed by atoms with Crippen LogP contribution in [0.3, 0.4) is 0 Å². The monoisotopic (exact) mass is 331 g/mol. The normalized spacial score (nSPS) is 17.0. The summed E-state index contributed by atoms with van der Waals surface area (Å²) in [4.78, 5) is 25.6. The molecule has 1 aromatic carbocycles. The van der Waals surface area contributed by atoms with E-state index >= 15 is 0 Å². The van der Waals surface area contributed by atoms with Crippen molar-refractivity contribution in [2.45, 2.75) is 13.8 Å². The lowest BCUT2D eigenvalue weighted by atomic mass is 10.3. The van der Waals surface area contributed by atoms with Crippen LogP contribution < -0.4 is 4.90 Å². The number of rotatable bonds is 4. The van der Waals surface area contributed by atoms with E-state index in [1.54, 1.807) is 30.5 Å². The molecule has 23 heavy (non-hydrogen) atoms. The summed E-state index contributed by atoms with van der Waals surface area (Å²) in [7, 11) is 1.24. The van der Waals surface area contributed by atoms with E-state index < -0.39 is 11.9 Å². The number of hydrogen-bond donors (Lipinski definition) is 0. The predicted molar refractivity (Wildman–Crippen MR) is 91.8 cm³/mol. The molecule has 0 atom stereocenters. The average Bonchev–Trinajstić information content (AvgIpc) is 2.76. The maximum atomic E-state index is 12.7. The number of carbonyl (C=O) groups excluding carboxylic acids is 2. The first-order chi connectivity index (χ1) is 11.0. The predicted octanol–water partition coefficient (Wildman–Crippen LogP) is 2.32. The number of nitrogens with zero attached hydrogens (tertiary/aromatic N) is 3. The van der Waals surface area contributed by atoms with Gasteiger partial charge in [0.05, 0.1) is 18.9 Å². The Bertz CT molecular complexity index is 683. The SMILES string of the molecule is COC(=O)/C=C1\C(=O)N(c2ccccc2)C(=S)N1/N=C/C(C)C. The van der Waals surface area contributed by atoms with Crippen LogP contribution in [-0.2, 0) is 14.3 Å². The van der Waals surface area contributed by atoms with Gasteiger partial charge < -0.3 is 4.74 Å². The van der Waals surface area contributed by atoms with Gasteiger partial charge in [0.1, 0.15) is 5.70 Å². The van der Waals surface area contributed by atoms with E-state index in [0.29, 0.717) is 5.69 Å². The Kier molecular flexibility index (Phi) is 5.23. The van der Waals surface area contributed by atoms with E-state index in [-0.39, 0.29) is 16.7 Å². The zero-order valence-electron chi connectivity index (χ0n) is 13.1. The second kappa shape index (κ2) is 7.15. The van der Waals surface area contributed by atoms with Gasteiger partial charge in [0, 0.05) is 6.21 Å². The third-order valence-electron chi connectivity index (χ3n) is 2.97. The Morgan fingerprint density at radius 3 is 2.52 bits per heavy atom. The third-order valence-corrected chi connectivity index (χ3v) is 3.33. The van der Waals surface area contributed by atoms with Crippen molar-refractivity contribution in [1.82, 2.24) is 5.01 Å². The van der Waals surface area contributed by atoms with Crippen LogP contribution in [0, 0.1) is 5.92 Å². The number of methoxy groups -OCH3 is 1. The molecule has 0 aliphatic carbocycles. The topological polar surface area (TPSA) is 62.2 Å². The summed E-state index contributed by atoms with van der Waals surface area (Å²) in [6.45, 7) is 3.90. The molecule has 0 unspecified atom stereocenters. The van der Waals surface area contributed by atoms with Crippen LogP contribution in [0.5, 0.6) is 0 Å². The number of hydrogen-bond acceptors (Lipinski definition) is 5. The molecule has 6 nitrogen and oxygen atoms in total. The Hall–Kier alpha value is -2.54. The molecule has 0 bridgehead atoms. The highest BCUT2D eigenvalue weighted by Gasteiger charge is 2.39. The van der Waals surface area contributed by atoms with Crippen LogP contribution in [0.25, 0.3) is 0 Å². The zero-order valence-corrected chi connectivity index (χ0v) is 13.9. The van der Waals surface area contributed by atoms with Gasteiger partial charge in [-0.25, -0.2) is 14.7 Å². The highest BCUT2D eigenvalue weighted by atomic mass is 32.1. The zero-order chi connectivity index (χ0) is 17.0. The van der Waals surface area contributed by atoms with E-state index in [9.17, 15) is 9.59 Å². The second-order valence-electron chi connectivity index (χ2n) is 5.13. The fourth-order valence-electron chi connectivity index (χ4n) is 1.90. The summed E-state index contributed by atoms with van der Waals surface area (Å²) < 4.78 is 4.60. The van der Waals surface area contributed by atoms with Gasteiger partial charge in [0.2, 0.25) is 5.11 Å². The van der Waals surface area contributed by atoms with Gasteiger partial charge in [-0.2, -0.15) is 5.10 Å². The Balaban J connectivity index is 2.46. The molecule has 1 amide bonds. The molecule has 0 radical (unpaired) electrons. The molecule has 1 aromatic rings. The summed E-state index contributed by atoms with van der Waals surface area (Å²) >= 11 is 5.36. The highest BCUT2D eigenvalue weighted by Crippen LogP contribution is 2.27. The summed E-state index contributed by atoms with van der Waals surface area (Å²) in [5.74, 6) is -0.902. The molecular formula is C16H17N3O3S. The molecule has 1 aliphatic rings. The maximum absolute atomic E-state index is 12.7. The first kappa shape index (κ1) is 16.8. The van der Waals surface area contributed by atoms with E-state index in [2.05, 4.69) is 9.84 Å². The second-order valence-corrected chi connectivity index (χ2v) is 5.50. The number of carbonyl (C=O) groups is 2. The summed E-state index contributed by atoms with van der Waals surface area (Å²) in [6.07, 6.45) is 2.74. The van der Waals surface area contributed by atoms with Crippen molar-refractivity contribution in [1.29, 1.82) is 0 Å². The van der Waals surface area contributed by atoms with E-state index in [4.69, 9.17) is 12.2 Å². The molecule has 1 aliphatic heterocycles. The van der Waals surface area contributed by atoms with Gasteiger partial charge >= 0.3 is 5.97 Å². The molecule has 0 spiro atoms. The van der Waals surface area contributed by atoms with Crippen LogP contribution in [0.1, 0.15) is 13.8 Å². The fourth-order valence-corrected chi connectivity index (χ4v) is 2.23. The van der Waals surface area contributed by atoms with Gasteiger partial charge in [0.15, 0.2) is 0 Å². The van der Waals surface area contributed by atoms with Crippen LogP contribution in [0.15, 0.2) is 47.2 Å². The molecule has 2 rings (SSSR count). The minimum absolute atomic E-state index is 0.0580. The van der Waals surface area contributed by atoms with Crippen molar-refractivity contribution in [3.8, 4) is 0 Å². The molecule has 1 fully saturated rings. The lowest BCUT2D eigenvalue weighted by molar-refractivity contribution is -0.135. The van der Waals surface area contributed by atoms with Gasteiger partial charge in [-0.3, -0.25) is 4.79 Å². The van der Waals surface area contributed by atoms with Crippen molar-refractivity contribution in [2.75, 3.05) is 12.0 Å². The molecule has 0 aromatic heterocycles. The van der Waals surface area contributed by atoms with Gasteiger partial charge in [-0.1, -0.05) is 32.0 Å². The number of esters is 1. The molecule has 0 N–H and O–H groups in total. The standard InChI is InChI=1S/C16H17N3O3S/c1-11(2)10-17-19-13(9-14(20)22-3)15(21)18(16(19)23)12-7-5-4-6-8-12/h4-11H,1-3H3/b13-9+,17-10+. The Morgan fingerprint density at radius 1 is 1.30 bits per heavy atom. The van der Waals surface area contributed by atoms with Gasteiger partial charge in [0.25, 0.3) is 5.91 Å². The smallest absolute Gasteiger partial charge is 0.332 e. The summed E-state index contributed by atoms with van der Waals surface area (Å²) in [5, 5.41) is 5.69. The largest absolute Gasteiger partial charge is 0.466 e. The third kappa shape index (κ3) is 3.62. The molecule has 0 saturated carbocycles. The quantitative estimate of drug-likeness (QED) is 0.367. The van der Waals surface area contributed by atoms with Gasteiger partial charge in [-0.05, 0) is 30.3 Å². The summed E-state index contributed by atoms with van der Waals surface area (Å²) in [5.41, 5.74) is 0.670. The fraction of sp³-hybridized carbons (Fsp3) is 0.250. The number of anilines is 1. The number of ether oxygens (including phenoxy) is 1. The van der Waals surface area contributed by atoms with Crippen LogP contribution in [0.2, 0.25) is 0 Å². The molecule has 7 heteroatoms. The maximum Gasteiger partial charge on any atom is 0.332 e. The Morgan fingerprint density at radius 2 is 1.96 bits per heavy atom. The molecule has 1 heterocycles. The average molecular weight is 331 g/mol. The van der Waals surface area contributed by atoms with Crippen molar-refractivity contribution >= 4 is 41.1 Å². The highest BCUT2D eigenvalue weighted by molar-refractivity contribution is 7.80. The molecular weight excluding hydrogens is 314 g/mol. The van der Waals surface area contributed by atoms with Crippen LogP contribution in [-0.4, -0.2) is 35.3 Å². The van der Waals surface area contributed by atoms with E-state index in [0.717, 1.165) is 6.08 Å². The number of hydrazone groups is 1. The lowest BCUT2D eigenvalue weighted by Gasteiger charge is -2.16. The van der Waals surface area contributed by atoms with Crippen LogP contribution >= 0.6 is 12.2 Å². The lowest BCUT2D eigenvalue weighted by Crippen LogP contribution is -2.30. The van der Waals surface area contributed by atoms with E-state index in [1.165, 1.54) is 17.0 Å². The summed E-state index contributed by atoms with van der Waals surface area (Å²) in [6, 6.07) is 8.96. The number of thiocarbonyl (C=S) groups is 1. The Labute approximate surface area is 140 Å². The van der Waals surface area contributed by atoms with Crippen molar-refractivity contribution < 1.29 is 14.3 Å². The number of benzene rings is 1. The number of para-hydroxylation sites is 1. The van der Waals surface area contributed by atoms with Gasteiger partial charge in [-0.15, -0.1) is 0 Å². The first-order valence-corrected chi connectivity index (χ1v) is 7.44. The minimum atomic E-state index is -0.643. The van der Waals surface area contributed by atoms with E-state index in [1.807, 2.05) is 19.9 Å². The van der Waals surface area contributed by atoms with Crippen LogP contribution in [0.4, 0.5) is 5.69 Å². The van der Waals surface area contributed by atoms with Crippen molar-refractivity contribution in [2.24, 2.45) is 11.0 Å². The number of amides is 1.